The molecular weight excluding hydrogens is 499 g/mol. The second kappa shape index (κ2) is 11.6. The lowest BCUT2D eigenvalue weighted by molar-refractivity contribution is 0.254. The molecule has 1 aliphatic heterocycles. The summed E-state index contributed by atoms with van der Waals surface area (Å²) < 4.78 is 11.8. The molecule has 0 fully saturated rings. The molecule has 8 heteroatoms. The molecule has 0 spiro atoms. The summed E-state index contributed by atoms with van der Waals surface area (Å²) in [6.07, 6.45) is 4.11. The number of rotatable bonds is 8. The molecule has 1 unspecified atom stereocenters. The first kappa shape index (κ1) is 23.7. The normalized spacial score (nSPS) is 15.3. The summed E-state index contributed by atoms with van der Waals surface area (Å²) in [4.78, 5) is 10.5. The van der Waals surface area contributed by atoms with Gasteiger partial charge in [0, 0.05) is 35.2 Å². The molecule has 6 nitrogen and oxygen atoms in total. The molecule has 2 aromatic rings. The monoisotopic (exact) mass is 530 g/mol. The van der Waals surface area contributed by atoms with Crippen LogP contribution in [0.1, 0.15) is 48.7 Å². The molecule has 29 heavy (non-hydrogen) atoms. The first-order chi connectivity index (χ1) is 13.6. The van der Waals surface area contributed by atoms with E-state index >= 15 is 0 Å². The minimum atomic E-state index is 0. The second-order valence-electron chi connectivity index (χ2n) is 6.76. The summed E-state index contributed by atoms with van der Waals surface area (Å²) in [7, 11) is 0. The number of fused-ring (bicyclic) bond motifs is 1. The quantitative estimate of drug-likeness (QED) is 0.303. The van der Waals surface area contributed by atoms with E-state index in [1.54, 1.807) is 11.3 Å². The van der Waals surface area contributed by atoms with Crippen molar-refractivity contribution < 1.29 is 9.47 Å². The summed E-state index contributed by atoms with van der Waals surface area (Å²) in [5.74, 6) is 2.62. The van der Waals surface area contributed by atoms with Crippen LogP contribution in [-0.2, 0) is 25.9 Å². The zero-order chi connectivity index (χ0) is 19.9. The lowest BCUT2D eigenvalue weighted by Gasteiger charge is -2.13. The van der Waals surface area contributed by atoms with E-state index in [1.165, 1.54) is 10.4 Å². The number of benzene rings is 1. The van der Waals surface area contributed by atoms with Gasteiger partial charge >= 0.3 is 0 Å². The fourth-order valence-corrected chi connectivity index (χ4v) is 3.96. The van der Waals surface area contributed by atoms with Gasteiger partial charge in [-0.1, -0.05) is 6.92 Å². The van der Waals surface area contributed by atoms with Crippen LogP contribution in [0.25, 0.3) is 0 Å². The average Bonchev–Trinajstić information content (AvgIpc) is 3.29. The van der Waals surface area contributed by atoms with Gasteiger partial charge in [-0.2, -0.15) is 0 Å². The minimum Gasteiger partial charge on any atom is -0.494 e. The second-order valence-corrected chi connectivity index (χ2v) is 7.96. The Labute approximate surface area is 194 Å². The van der Waals surface area contributed by atoms with Crippen molar-refractivity contribution in [3.63, 3.8) is 0 Å². The molecule has 2 N–H and O–H groups in total. The summed E-state index contributed by atoms with van der Waals surface area (Å²) in [5.41, 5.74) is 2.25. The smallest absolute Gasteiger partial charge is 0.191 e. The van der Waals surface area contributed by atoms with Crippen LogP contribution >= 0.6 is 35.3 Å². The Morgan fingerprint density at radius 2 is 2.14 bits per heavy atom. The maximum atomic E-state index is 5.91. The molecule has 0 radical (unpaired) electrons. The van der Waals surface area contributed by atoms with Gasteiger partial charge in [0.15, 0.2) is 5.96 Å². The van der Waals surface area contributed by atoms with Gasteiger partial charge in [-0.3, -0.25) is 0 Å². The Bertz CT molecular complexity index is 825. The highest BCUT2D eigenvalue weighted by Crippen LogP contribution is 2.35. The van der Waals surface area contributed by atoms with Crippen molar-refractivity contribution in [3.8, 4) is 11.5 Å². The zero-order valence-electron chi connectivity index (χ0n) is 17.6. The molecule has 0 aliphatic carbocycles. The highest BCUT2D eigenvalue weighted by atomic mass is 127. The number of thiazole rings is 1. The number of nitrogens with one attached hydrogen (secondary N) is 2. The van der Waals surface area contributed by atoms with Gasteiger partial charge in [0.05, 0.1) is 19.7 Å². The van der Waals surface area contributed by atoms with Gasteiger partial charge in [-0.25, -0.2) is 9.98 Å². The number of nitrogens with zero attached hydrogens (tertiary/aromatic N) is 2. The largest absolute Gasteiger partial charge is 0.494 e. The molecule has 1 aromatic carbocycles. The van der Waals surface area contributed by atoms with Crippen molar-refractivity contribution >= 4 is 41.3 Å². The summed E-state index contributed by atoms with van der Waals surface area (Å²) >= 11 is 1.74. The lowest BCUT2D eigenvalue weighted by Crippen LogP contribution is -2.36. The van der Waals surface area contributed by atoms with E-state index in [0.29, 0.717) is 19.7 Å². The van der Waals surface area contributed by atoms with Crippen LogP contribution in [0.4, 0.5) is 0 Å². The Hall–Kier alpha value is -1.55. The topological polar surface area (TPSA) is 67.8 Å². The number of aliphatic imine (C=N–C) groups is 1. The van der Waals surface area contributed by atoms with Crippen LogP contribution in [-0.4, -0.2) is 30.2 Å². The van der Waals surface area contributed by atoms with Gasteiger partial charge < -0.3 is 20.1 Å². The zero-order valence-corrected chi connectivity index (χ0v) is 20.7. The van der Waals surface area contributed by atoms with Crippen molar-refractivity contribution in [2.45, 2.75) is 59.7 Å². The summed E-state index contributed by atoms with van der Waals surface area (Å²) in [6.45, 7) is 10.9. The summed E-state index contributed by atoms with van der Waals surface area (Å²) in [6, 6.07) is 4.18. The molecule has 0 bridgehead atoms. The van der Waals surface area contributed by atoms with Crippen LogP contribution in [0.3, 0.4) is 0 Å². The highest BCUT2D eigenvalue weighted by Gasteiger charge is 2.21. The van der Waals surface area contributed by atoms with Crippen molar-refractivity contribution in [3.05, 3.63) is 39.3 Å². The number of aromatic nitrogens is 1. The Balaban J connectivity index is 0.00000300. The average molecular weight is 530 g/mol. The predicted molar refractivity (Wildman–Crippen MR) is 130 cm³/mol. The maximum Gasteiger partial charge on any atom is 0.191 e. The number of hydrogen-bond acceptors (Lipinski definition) is 5. The van der Waals surface area contributed by atoms with Gasteiger partial charge in [0.25, 0.3) is 0 Å². The third-order valence-electron chi connectivity index (χ3n) is 4.49. The van der Waals surface area contributed by atoms with Gasteiger partial charge in [0.2, 0.25) is 0 Å². The van der Waals surface area contributed by atoms with Crippen LogP contribution in [0, 0.1) is 0 Å². The van der Waals surface area contributed by atoms with Crippen LogP contribution in [0.2, 0.25) is 0 Å². The van der Waals surface area contributed by atoms with Gasteiger partial charge in [-0.05, 0) is 39.3 Å². The van der Waals surface area contributed by atoms with Crippen molar-refractivity contribution in [1.82, 2.24) is 15.6 Å². The molecule has 0 saturated carbocycles. The number of halogens is 1. The van der Waals surface area contributed by atoms with E-state index in [2.05, 4.69) is 48.5 Å². The van der Waals surface area contributed by atoms with E-state index < -0.39 is 0 Å². The van der Waals surface area contributed by atoms with E-state index in [4.69, 9.17) is 14.5 Å². The summed E-state index contributed by atoms with van der Waals surface area (Å²) in [5, 5.41) is 7.74. The standard InChI is InChI=1S/C21H30N4O2S.HI/c1-5-17-12-23-20(28-17)13-25-21(22-6-2)24-11-16-10-19-15(8-14(4)27-19)9-18(16)26-7-3;/h9-10,12,14H,5-8,11,13H2,1-4H3,(H2,22,24,25);1H. The SMILES string of the molecule is CCNC(=NCc1cc2c(cc1OCC)CC(C)O2)NCc1ncc(CC)s1.I. The molecule has 160 valence electrons. The minimum absolute atomic E-state index is 0. The van der Waals surface area contributed by atoms with Crippen molar-refractivity contribution in [2.24, 2.45) is 4.99 Å². The van der Waals surface area contributed by atoms with E-state index in [0.717, 1.165) is 47.4 Å². The molecule has 1 aromatic heterocycles. The van der Waals surface area contributed by atoms with Crippen LogP contribution in [0.15, 0.2) is 23.3 Å². The van der Waals surface area contributed by atoms with Crippen LogP contribution in [0.5, 0.6) is 11.5 Å². The van der Waals surface area contributed by atoms with E-state index in [9.17, 15) is 0 Å². The molecule has 2 heterocycles. The molecule has 0 saturated heterocycles. The third-order valence-corrected chi connectivity index (χ3v) is 5.63. The molecule has 1 atom stereocenters. The Kier molecular flexibility index (Phi) is 9.48. The number of guanidine groups is 1. The number of ether oxygens (including phenoxy) is 2. The molecular formula is C21H31IN4O2S. The number of aryl methyl sites for hydroxylation is 1. The van der Waals surface area contributed by atoms with Gasteiger partial charge in [-0.15, -0.1) is 35.3 Å². The van der Waals surface area contributed by atoms with Gasteiger partial charge in [0.1, 0.15) is 22.6 Å². The van der Waals surface area contributed by atoms with Crippen molar-refractivity contribution in [1.29, 1.82) is 0 Å². The molecule has 0 amide bonds. The fourth-order valence-electron chi connectivity index (χ4n) is 3.15. The van der Waals surface area contributed by atoms with Crippen LogP contribution < -0.4 is 20.1 Å². The molecule has 3 rings (SSSR count). The van der Waals surface area contributed by atoms with E-state index in [1.807, 2.05) is 13.1 Å². The third kappa shape index (κ3) is 6.47. The molecule has 1 aliphatic rings. The lowest BCUT2D eigenvalue weighted by atomic mass is 10.1. The maximum absolute atomic E-state index is 5.91. The predicted octanol–water partition coefficient (Wildman–Crippen LogP) is 4.30. The Morgan fingerprint density at radius 3 is 2.83 bits per heavy atom. The fraction of sp³-hybridized carbons (Fsp3) is 0.524. The first-order valence-electron chi connectivity index (χ1n) is 10.0. The van der Waals surface area contributed by atoms with Crippen molar-refractivity contribution in [2.75, 3.05) is 13.2 Å². The van der Waals surface area contributed by atoms with E-state index in [-0.39, 0.29) is 30.1 Å². The Morgan fingerprint density at radius 1 is 1.31 bits per heavy atom. The number of hydrogen-bond donors (Lipinski definition) is 2. The highest BCUT2D eigenvalue weighted by molar-refractivity contribution is 14.0. The first-order valence-corrected chi connectivity index (χ1v) is 10.9.